The lowest BCUT2D eigenvalue weighted by molar-refractivity contribution is 0.685. The summed E-state index contributed by atoms with van der Waals surface area (Å²) in [6, 6.07) is 6.55. The Morgan fingerprint density at radius 2 is 2.06 bits per heavy atom. The summed E-state index contributed by atoms with van der Waals surface area (Å²) in [5, 5.41) is 3.30. The molecule has 0 amide bonds. The Hall–Kier alpha value is -1.19. The van der Waals surface area contributed by atoms with E-state index in [4.69, 9.17) is 10.7 Å². The number of hydrogen-bond donors (Lipinski definition) is 1. The molecule has 1 heterocycles. The van der Waals surface area contributed by atoms with E-state index in [1.807, 2.05) is 0 Å². The summed E-state index contributed by atoms with van der Waals surface area (Å²) in [5.74, 6) is 0. The largest absolute Gasteiger partial charge is 0.330 e. The van der Waals surface area contributed by atoms with Gasteiger partial charge in [0.2, 0.25) is 0 Å². The summed E-state index contributed by atoms with van der Waals surface area (Å²) in [5.41, 5.74) is 11.1. The lowest BCUT2D eigenvalue weighted by Gasteiger charge is -2.07. The second-order valence-electron chi connectivity index (χ2n) is 5.32. The molecule has 0 spiro atoms. The zero-order valence-corrected chi connectivity index (χ0v) is 11.7. The third-order valence-corrected chi connectivity index (χ3v) is 4.94. The molecule has 3 heteroatoms. The van der Waals surface area contributed by atoms with Crippen LogP contribution in [0, 0.1) is 13.8 Å². The molecular weight excluding hydrogens is 240 g/mol. The van der Waals surface area contributed by atoms with Gasteiger partial charge in [0.1, 0.15) is 5.01 Å². The van der Waals surface area contributed by atoms with Crippen LogP contribution in [0.1, 0.15) is 29.7 Å². The van der Waals surface area contributed by atoms with Crippen LogP contribution in [-0.4, -0.2) is 11.5 Å². The monoisotopic (exact) mass is 258 g/mol. The Bertz CT molecular complexity index is 582. The fourth-order valence-electron chi connectivity index (χ4n) is 2.24. The summed E-state index contributed by atoms with van der Waals surface area (Å²) in [4.78, 5) is 4.79. The van der Waals surface area contributed by atoms with Gasteiger partial charge in [0.05, 0.1) is 5.69 Å². The molecule has 1 aromatic heterocycles. The van der Waals surface area contributed by atoms with Gasteiger partial charge in [-0.1, -0.05) is 12.1 Å². The van der Waals surface area contributed by atoms with Gasteiger partial charge >= 0.3 is 0 Å². The van der Waals surface area contributed by atoms with E-state index in [1.54, 1.807) is 11.3 Å². The number of rotatable bonds is 3. The molecule has 94 valence electrons. The Kier molecular flexibility index (Phi) is 2.76. The maximum atomic E-state index is 5.86. The van der Waals surface area contributed by atoms with Crippen LogP contribution < -0.4 is 5.73 Å². The van der Waals surface area contributed by atoms with E-state index < -0.39 is 0 Å². The number of benzene rings is 1. The second kappa shape index (κ2) is 4.18. The Morgan fingerprint density at radius 3 is 2.67 bits per heavy atom. The molecule has 1 aliphatic carbocycles. The first kappa shape index (κ1) is 11.9. The Morgan fingerprint density at radius 1 is 1.28 bits per heavy atom. The van der Waals surface area contributed by atoms with Crippen molar-refractivity contribution in [3.05, 3.63) is 40.4 Å². The predicted molar refractivity (Wildman–Crippen MR) is 77.0 cm³/mol. The van der Waals surface area contributed by atoms with Crippen molar-refractivity contribution in [1.29, 1.82) is 0 Å². The number of nitrogens with two attached hydrogens (primary N) is 1. The average Bonchev–Trinajstić information content (AvgIpc) is 3.02. The van der Waals surface area contributed by atoms with Crippen LogP contribution in [-0.2, 0) is 5.41 Å². The lowest BCUT2D eigenvalue weighted by atomic mass is 10.0. The van der Waals surface area contributed by atoms with Crippen LogP contribution in [0.15, 0.2) is 23.6 Å². The minimum absolute atomic E-state index is 0.203. The van der Waals surface area contributed by atoms with E-state index in [9.17, 15) is 0 Å². The molecule has 0 radical (unpaired) electrons. The van der Waals surface area contributed by atoms with Crippen LogP contribution in [0.5, 0.6) is 0 Å². The molecule has 1 aliphatic rings. The summed E-state index contributed by atoms with van der Waals surface area (Å²) in [6.07, 6.45) is 2.39. The van der Waals surface area contributed by atoms with Crippen molar-refractivity contribution >= 4 is 11.3 Å². The van der Waals surface area contributed by atoms with E-state index >= 15 is 0 Å². The van der Waals surface area contributed by atoms with Crippen molar-refractivity contribution in [2.24, 2.45) is 5.73 Å². The van der Waals surface area contributed by atoms with E-state index in [0.29, 0.717) is 0 Å². The average molecular weight is 258 g/mol. The first-order valence-corrected chi connectivity index (χ1v) is 7.26. The highest BCUT2D eigenvalue weighted by molar-refractivity contribution is 7.13. The van der Waals surface area contributed by atoms with Gasteiger partial charge in [0.25, 0.3) is 0 Å². The van der Waals surface area contributed by atoms with Crippen LogP contribution >= 0.6 is 11.3 Å². The molecule has 18 heavy (non-hydrogen) atoms. The van der Waals surface area contributed by atoms with Crippen molar-refractivity contribution in [1.82, 2.24) is 4.98 Å². The molecule has 0 saturated heterocycles. The van der Waals surface area contributed by atoms with Gasteiger partial charge in [-0.15, -0.1) is 11.3 Å². The smallest absolute Gasteiger partial charge is 0.123 e. The number of hydrogen-bond acceptors (Lipinski definition) is 3. The van der Waals surface area contributed by atoms with E-state index in [1.165, 1.54) is 35.2 Å². The minimum atomic E-state index is 0.203. The van der Waals surface area contributed by atoms with Crippen molar-refractivity contribution < 1.29 is 0 Å². The van der Waals surface area contributed by atoms with Gasteiger partial charge in [0.15, 0.2) is 0 Å². The highest BCUT2D eigenvalue weighted by Gasteiger charge is 2.44. The standard InChI is InChI=1S/C15H18N2S/c1-10-3-4-12(7-11(10)2)14-17-13(8-18-14)15(9-16)5-6-15/h3-4,7-8H,5-6,9,16H2,1-2H3. The van der Waals surface area contributed by atoms with E-state index in [2.05, 4.69) is 37.4 Å². The summed E-state index contributed by atoms with van der Waals surface area (Å²) >= 11 is 1.73. The number of aromatic nitrogens is 1. The van der Waals surface area contributed by atoms with Crippen molar-refractivity contribution in [2.75, 3.05) is 6.54 Å². The van der Waals surface area contributed by atoms with Gasteiger partial charge < -0.3 is 5.73 Å². The Labute approximate surface area is 112 Å². The number of thiazole rings is 1. The Balaban J connectivity index is 1.95. The van der Waals surface area contributed by atoms with Gasteiger partial charge in [0, 0.05) is 22.9 Å². The van der Waals surface area contributed by atoms with Crippen LogP contribution in [0.25, 0.3) is 10.6 Å². The zero-order valence-electron chi connectivity index (χ0n) is 10.9. The molecule has 0 atom stereocenters. The molecule has 2 N–H and O–H groups in total. The maximum Gasteiger partial charge on any atom is 0.123 e. The van der Waals surface area contributed by atoms with Crippen molar-refractivity contribution in [3.8, 4) is 10.6 Å². The molecule has 0 bridgehead atoms. The third kappa shape index (κ3) is 1.88. The molecule has 1 saturated carbocycles. The first-order chi connectivity index (χ1) is 8.64. The molecular formula is C15H18N2S. The SMILES string of the molecule is Cc1ccc(-c2nc(C3(CN)CC3)cs2)cc1C. The second-order valence-corrected chi connectivity index (χ2v) is 6.18. The molecule has 0 unspecified atom stereocenters. The molecule has 1 aromatic carbocycles. The molecule has 2 nitrogen and oxygen atoms in total. The lowest BCUT2D eigenvalue weighted by Crippen LogP contribution is -2.19. The number of nitrogens with zero attached hydrogens (tertiary/aromatic N) is 1. The highest BCUT2D eigenvalue weighted by atomic mass is 32.1. The maximum absolute atomic E-state index is 5.86. The van der Waals surface area contributed by atoms with Crippen LogP contribution in [0.2, 0.25) is 0 Å². The first-order valence-electron chi connectivity index (χ1n) is 6.38. The van der Waals surface area contributed by atoms with Crippen LogP contribution in [0.4, 0.5) is 0 Å². The predicted octanol–water partition coefficient (Wildman–Crippen LogP) is 3.42. The van der Waals surface area contributed by atoms with Gasteiger partial charge in [-0.2, -0.15) is 0 Å². The number of aryl methyl sites for hydroxylation is 2. The fourth-order valence-corrected chi connectivity index (χ4v) is 3.18. The molecule has 2 aromatic rings. The molecule has 0 aliphatic heterocycles. The minimum Gasteiger partial charge on any atom is -0.330 e. The normalized spacial score (nSPS) is 16.8. The molecule has 3 rings (SSSR count). The highest BCUT2D eigenvalue weighted by Crippen LogP contribution is 2.47. The summed E-state index contributed by atoms with van der Waals surface area (Å²) in [6.45, 7) is 5.01. The topological polar surface area (TPSA) is 38.9 Å². The van der Waals surface area contributed by atoms with Gasteiger partial charge in [-0.25, -0.2) is 4.98 Å². The zero-order chi connectivity index (χ0) is 12.8. The summed E-state index contributed by atoms with van der Waals surface area (Å²) < 4.78 is 0. The third-order valence-electron chi connectivity index (χ3n) is 4.05. The fraction of sp³-hybridized carbons (Fsp3) is 0.400. The van der Waals surface area contributed by atoms with E-state index in [-0.39, 0.29) is 5.41 Å². The van der Waals surface area contributed by atoms with Gasteiger partial charge in [-0.05, 0) is 43.9 Å². The quantitative estimate of drug-likeness (QED) is 0.916. The van der Waals surface area contributed by atoms with Crippen molar-refractivity contribution in [2.45, 2.75) is 32.1 Å². The van der Waals surface area contributed by atoms with E-state index in [0.717, 1.165) is 11.6 Å². The van der Waals surface area contributed by atoms with Crippen molar-refractivity contribution in [3.63, 3.8) is 0 Å². The van der Waals surface area contributed by atoms with Crippen LogP contribution in [0.3, 0.4) is 0 Å². The molecule has 1 fully saturated rings. The summed E-state index contributed by atoms with van der Waals surface area (Å²) in [7, 11) is 0. The van der Waals surface area contributed by atoms with Gasteiger partial charge in [-0.3, -0.25) is 0 Å².